The topological polar surface area (TPSA) is 55.9 Å². The van der Waals surface area contributed by atoms with E-state index in [1.54, 1.807) is 7.05 Å². The molecule has 1 aromatic rings. The molecule has 7 heteroatoms. The van der Waals surface area contributed by atoms with Crippen LogP contribution >= 0.6 is 11.6 Å². The molecule has 2 fully saturated rings. The standard InChI is InChI=1S/C16H21ClN4O2/c1-19-11-14(18-16(19)23)15(22)21-7-5-20(6-8-21)10-12-3-2-4-13(17)9-12/h2-4,9,14H,5-8,10-11H2,1H3,(H,18,23). The maximum Gasteiger partial charge on any atom is 0.317 e. The van der Waals surface area contributed by atoms with E-state index in [0.717, 1.165) is 24.7 Å². The molecule has 1 N–H and O–H groups in total. The first-order valence-corrected chi connectivity index (χ1v) is 8.18. The van der Waals surface area contributed by atoms with Crippen LogP contribution in [-0.2, 0) is 11.3 Å². The van der Waals surface area contributed by atoms with Crippen molar-refractivity contribution in [2.45, 2.75) is 12.6 Å². The van der Waals surface area contributed by atoms with E-state index in [1.165, 1.54) is 10.5 Å². The number of amides is 3. The third-order valence-electron chi connectivity index (χ3n) is 4.38. The summed E-state index contributed by atoms with van der Waals surface area (Å²) < 4.78 is 0. The summed E-state index contributed by atoms with van der Waals surface area (Å²) in [5.41, 5.74) is 1.18. The van der Waals surface area contributed by atoms with Crippen LogP contribution in [0, 0.1) is 0 Å². The largest absolute Gasteiger partial charge is 0.338 e. The summed E-state index contributed by atoms with van der Waals surface area (Å²) in [5.74, 6) is 0.0186. The summed E-state index contributed by atoms with van der Waals surface area (Å²) in [7, 11) is 1.70. The number of rotatable bonds is 3. The van der Waals surface area contributed by atoms with E-state index < -0.39 is 6.04 Å². The predicted molar refractivity (Wildman–Crippen MR) is 88.3 cm³/mol. The molecule has 2 heterocycles. The van der Waals surface area contributed by atoms with Crippen LogP contribution in [0.2, 0.25) is 5.02 Å². The highest BCUT2D eigenvalue weighted by molar-refractivity contribution is 6.30. The van der Waals surface area contributed by atoms with Crippen LogP contribution in [0.1, 0.15) is 5.56 Å². The first kappa shape index (κ1) is 16.1. The molecule has 23 heavy (non-hydrogen) atoms. The fourth-order valence-corrected chi connectivity index (χ4v) is 3.25. The van der Waals surface area contributed by atoms with Gasteiger partial charge in [-0.3, -0.25) is 9.69 Å². The zero-order valence-electron chi connectivity index (χ0n) is 13.2. The predicted octanol–water partition coefficient (Wildman–Crippen LogP) is 1.01. The molecule has 0 bridgehead atoms. The first-order valence-electron chi connectivity index (χ1n) is 7.80. The van der Waals surface area contributed by atoms with E-state index in [9.17, 15) is 9.59 Å². The monoisotopic (exact) mass is 336 g/mol. The van der Waals surface area contributed by atoms with Crippen molar-refractivity contribution in [1.29, 1.82) is 0 Å². The zero-order chi connectivity index (χ0) is 16.4. The number of hydrogen-bond donors (Lipinski definition) is 1. The highest BCUT2D eigenvalue weighted by Gasteiger charge is 2.34. The van der Waals surface area contributed by atoms with Crippen LogP contribution in [0.25, 0.3) is 0 Å². The second-order valence-electron chi connectivity index (χ2n) is 6.11. The number of likely N-dealkylation sites (N-methyl/N-ethyl adjacent to an activating group) is 1. The number of nitrogens with zero attached hydrogens (tertiary/aromatic N) is 3. The van der Waals surface area contributed by atoms with Crippen molar-refractivity contribution in [3.8, 4) is 0 Å². The fourth-order valence-electron chi connectivity index (χ4n) is 3.04. The zero-order valence-corrected chi connectivity index (χ0v) is 13.9. The lowest BCUT2D eigenvalue weighted by Gasteiger charge is -2.35. The van der Waals surface area contributed by atoms with Crippen molar-refractivity contribution in [3.05, 3.63) is 34.9 Å². The molecule has 0 spiro atoms. The SMILES string of the molecule is CN1CC(C(=O)N2CCN(Cc3cccc(Cl)c3)CC2)NC1=O. The summed E-state index contributed by atoms with van der Waals surface area (Å²) in [6.07, 6.45) is 0. The number of carbonyl (C=O) groups excluding carboxylic acids is 2. The summed E-state index contributed by atoms with van der Waals surface area (Å²) in [4.78, 5) is 29.6. The molecule has 3 rings (SSSR count). The number of benzene rings is 1. The van der Waals surface area contributed by atoms with Crippen LogP contribution < -0.4 is 5.32 Å². The number of hydrogen-bond acceptors (Lipinski definition) is 3. The Morgan fingerprint density at radius 1 is 1.30 bits per heavy atom. The van der Waals surface area contributed by atoms with Gasteiger partial charge in [-0.25, -0.2) is 4.79 Å². The molecule has 1 aromatic carbocycles. The van der Waals surface area contributed by atoms with E-state index >= 15 is 0 Å². The van der Waals surface area contributed by atoms with Crippen molar-refractivity contribution in [2.75, 3.05) is 39.8 Å². The van der Waals surface area contributed by atoms with Gasteiger partial charge >= 0.3 is 6.03 Å². The summed E-state index contributed by atoms with van der Waals surface area (Å²) in [6, 6.07) is 7.27. The van der Waals surface area contributed by atoms with E-state index in [1.807, 2.05) is 23.1 Å². The smallest absolute Gasteiger partial charge is 0.317 e. The van der Waals surface area contributed by atoms with Gasteiger partial charge in [0, 0.05) is 44.8 Å². The van der Waals surface area contributed by atoms with Gasteiger partial charge in [-0.1, -0.05) is 23.7 Å². The van der Waals surface area contributed by atoms with Crippen LogP contribution in [0.15, 0.2) is 24.3 Å². The van der Waals surface area contributed by atoms with Gasteiger partial charge in [0.1, 0.15) is 6.04 Å². The van der Waals surface area contributed by atoms with Gasteiger partial charge in [-0.2, -0.15) is 0 Å². The van der Waals surface area contributed by atoms with E-state index in [-0.39, 0.29) is 11.9 Å². The van der Waals surface area contributed by atoms with Crippen LogP contribution in [-0.4, -0.2) is 72.5 Å². The molecule has 2 aliphatic rings. The van der Waals surface area contributed by atoms with E-state index in [0.29, 0.717) is 19.6 Å². The molecule has 124 valence electrons. The quantitative estimate of drug-likeness (QED) is 0.896. The Hall–Kier alpha value is -1.79. The molecule has 0 aliphatic carbocycles. The number of halogens is 1. The van der Waals surface area contributed by atoms with Gasteiger partial charge in [-0.15, -0.1) is 0 Å². The van der Waals surface area contributed by atoms with Gasteiger partial charge in [0.05, 0.1) is 6.54 Å². The normalized spacial score (nSPS) is 22.3. The van der Waals surface area contributed by atoms with Gasteiger partial charge in [0.2, 0.25) is 5.91 Å². The molecule has 2 aliphatic heterocycles. The minimum atomic E-state index is -0.410. The molecule has 0 aromatic heterocycles. The Balaban J connectivity index is 1.50. The molecule has 3 amide bonds. The lowest BCUT2D eigenvalue weighted by molar-refractivity contribution is -0.134. The second-order valence-corrected chi connectivity index (χ2v) is 6.55. The molecular weight excluding hydrogens is 316 g/mol. The van der Waals surface area contributed by atoms with Crippen molar-refractivity contribution in [1.82, 2.24) is 20.0 Å². The Morgan fingerprint density at radius 3 is 2.65 bits per heavy atom. The third kappa shape index (κ3) is 3.76. The Morgan fingerprint density at radius 2 is 2.04 bits per heavy atom. The van der Waals surface area contributed by atoms with Crippen LogP contribution in [0.3, 0.4) is 0 Å². The van der Waals surface area contributed by atoms with Gasteiger partial charge in [0.25, 0.3) is 0 Å². The van der Waals surface area contributed by atoms with E-state index in [4.69, 9.17) is 11.6 Å². The number of urea groups is 1. The minimum Gasteiger partial charge on any atom is -0.338 e. The maximum atomic E-state index is 12.4. The van der Waals surface area contributed by atoms with E-state index in [2.05, 4.69) is 16.3 Å². The average molecular weight is 337 g/mol. The van der Waals surface area contributed by atoms with Crippen molar-refractivity contribution >= 4 is 23.5 Å². The van der Waals surface area contributed by atoms with Gasteiger partial charge < -0.3 is 15.1 Å². The first-order chi connectivity index (χ1) is 11.0. The average Bonchev–Trinajstić information content (AvgIpc) is 2.87. The van der Waals surface area contributed by atoms with Crippen molar-refractivity contribution in [2.24, 2.45) is 0 Å². The van der Waals surface area contributed by atoms with Crippen molar-refractivity contribution < 1.29 is 9.59 Å². The third-order valence-corrected chi connectivity index (χ3v) is 4.61. The number of carbonyl (C=O) groups is 2. The molecule has 1 atom stereocenters. The number of nitrogens with one attached hydrogen (secondary N) is 1. The Labute approximate surface area is 141 Å². The second kappa shape index (κ2) is 6.76. The molecule has 1 unspecified atom stereocenters. The van der Waals surface area contributed by atoms with Gasteiger partial charge in [-0.05, 0) is 17.7 Å². The van der Waals surface area contributed by atoms with Crippen molar-refractivity contribution in [3.63, 3.8) is 0 Å². The van der Waals surface area contributed by atoms with Crippen LogP contribution in [0.4, 0.5) is 4.79 Å². The molecule has 6 nitrogen and oxygen atoms in total. The fraction of sp³-hybridized carbons (Fsp3) is 0.500. The highest BCUT2D eigenvalue weighted by Crippen LogP contribution is 2.15. The molecule has 2 saturated heterocycles. The van der Waals surface area contributed by atoms with Gasteiger partial charge in [0.15, 0.2) is 0 Å². The number of piperazine rings is 1. The highest BCUT2D eigenvalue weighted by atomic mass is 35.5. The Kier molecular flexibility index (Phi) is 4.73. The summed E-state index contributed by atoms with van der Waals surface area (Å²) in [5, 5.41) is 3.47. The molecular formula is C16H21ClN4O2. The summed E-state index contributed by atoms with van der Waals surface area (Å²) in [6.45, 7) is 4.32. The summed E-state index contributed by atoms with van der Waals surface area (Å²) >= 11 is 6.01. The van der Waals surface area contributed by atoms with Crippen LogP contribution in [0.5, 0.6) is 0 Å². The molecule has 0 radical (unpaired) electrons. The maximum absolute atomic E-state index is 12.4. The minimum absolute atomic E-state index is 0.0186. The lowest BCUT2D eigenvalue weighted by atomic mass is 10.2. The molecule has 0 saturated carbocycles. The Bertz CT molecular complexity index is 601. The lowest BCUT2D eigenvalue weighted by Crippen LogP contribution is -2.53.